The first-order chi connectivity index (χ1) is 5.69. The van der Waals surface area contributed by atoms with Crippen LogP contribution >= 0.6 is 0 Å². The van der Waals surface area contributed by atoms with Crippen LogP contribution in [0.4, 0.5) is 0 Å². The zero-order valence-corrected chi connectivity index (χ0v) is 7.69. The number of methoxy groups -OCH3 is 2. The number of hydrogen-bond acceptors (Lipinski definition) is 4. The van der Waals surface area contributed by atoms with Crippen molar-refractivity contribution in [3.8, 4) is 0 Å². The Morgan fingerprint density at radius 3 is 2.42 bits per heavy atom. The molecule has 0 unspecified atom stereocenters. The average molecular weight is 176 g/mol. The average Bonchev–Trinajstić information content (AvgIpc) is 2.03. The summed E-state index contributed by atoms with van der Waals surface area (Å²) in [5.74, 6) is 0. The molecule has 0 spiro atoms. The van der Waals surface area contributed by atoms with Crippen molar-refractivity contribution < 1.29 is 19.3 Å². The molecular weight excluding hydrogens is 160 g/mol. The second-order valence-corrected chi connectivity index (χ2v) is 3.01. The maximum Gasteiger partial charge on any atom is 0.160 e. The van der Waals surface area contributed by atoms with Crippen LogP contribution in [-0.4, -0.2) is 43.9 Å². The second kappa shape index (κ2) is 4.18. The van der Waals surface area contributed by atoms with Crippen LogP contribution in [0.3, 0.4) is 0 Å². The van der Waals surface area contributed by atoms with Gasteiger partial charge in [0.2, 0.25) is 0 Å². The normalized spacial score (nSPS) is 43.0. The zero-order chi connectivity index (χ0) is 9.14. The van der Waals surface area contributed by atoms with Crippen molar-refractivity contribution in [1.82, 2.24) is 0 Å². The Bertz CT molecular complexity index is 127. The van der Waals surface area contributed by atoms with E-state index in [0.29, 0.717) is 6.42 Å². The zero-order valence-electron chi connectivity index (χ0n) is 7.69. The molecule has 1 aliphatic rings. The van der Waals surface area contributed by atoms with Crippen molar-refractivity contribution in [2.24, 2.45) is 0 Å². The monoisotopic (exact) mass is 176 g/mol. The Kier molecular flexibility index (Phi) is 3.46. The fraction of sp³-hybridized carbons (Fsp3) is 1.00. The molecule has 0 aromatic rings. The van der Waals surface area contributed by atoms with Gasteiger partial charge >= 0.3 is 0 Å². The van der Waals surface area contributed by atoms with Crippen molar-refractivity contribution in [3.63, 3.8) is 0 Å². The summed E-state index contributed by atoms with van der Waals surface area (Å²) >= 11 is 0. The standard InChI is InChI=1S/C8H16O4/c1-5-8(11-3)6(9)4-7(10-2)12-5/h5-9H,4H2,1-3H3/t5-,6-,7+,8-/m0/s1. The lowest BCUT2D eigenvalue weighted by Crippen LogP contribution is -2.48. The van der Waals surface area contributed by atoms with E-state index in [4.69, 9.17) is 14.2 Å². The van der Waals surface area contributed by atoms with E-state index in [-0.39, 0.29) is 18.5 Å². The van der Waals surface area contributed by atoms with E-state index in [1.54, 1.807) is 14.2 Å². The van der Waals surface area contributed by atoms with Gasteiger partial charge in [-0.15, -0.1) is 0 Å². The Hall–Kier alpha value is -0.160. The maximum absolute atomic E-state index is 9.56. The summed E-state index contributed by atoms with van der Waals surface area (Å²) in [6.07, 6.45) is -0.690. The summed E-state index contributed by atoms with van der Waals surface area (Å²) in [6, 6.07) is 0. The Morgan fingerprint density at radius 1 is 1.33 bits per heavy atom. The van der Waals surface area contributed by atoms with Crippen molar-refractivity contribution in [1.29, 1.82) is 0 Å². The third-order valence-electron chi connectivity index (χ3n) is 2.18. The summed E-state index contributed by atoms with van der Waals surface area (Å²) in [5.41, 5.74) is 0. The van der Waals surface area contributed by atoms with Crippen molar-refractivity contribution in [2.45, 2.75) is 37.9 Å². The number of rotatable bonds is 2. The molecule has 4 atom stereocenters. The van der Waals surface area contributed by atoms with E-state index < -0.39 is 6.10 Å². The molecule has 1 saturated heterocycles. The third-order valence-corrected chi connectivity index (χ3v) is 2.18. The van der Waals surface area contributed by atoms with Gasteiger partial charge in [0.1, 0.15) is 6.10 Å². The molecule has 0 aromatic heterocycles. The quantitative estimate of drug-likeness (QED) is 0.650. The highest BCUT2D eigenvalue weighted by Gasteiger charge is 2.35. The third kappa shape index (κ3) is 1.95. The minimum atomic E-state index is -0.497. The Morgan fingerprint density at radius 2 is 2.00 bits per heavy atom. The van der Waals surface area contributed by atoms with Crippen molar-refractivity contribution in [2.75, 3.05) is 14.2 Å². The molecule has 0 amide bonds. The first-order valence-corrected chi connectivity index (χ1v) is 4.08. The van der Waals surface area contributed by atoms with Crippen molar-refractivity contribution in [3.05, 3.63) is 0 Å². The van der Waals surface area contributed by atoms with E-state index in [2.05, 4.69) is 0 Å². The summed E-state index contributed by atoms with van der Waals surface area (Å²) < 4.78 is 15.5. The van der Waals surface area contributed by atoms with Crippen molar-refractivity contribution >= 4 is 0 Å². The topological polar surface area (TPSA) is 47.9 Å². The smallest absolute Gasteiger partial charge is 0.160 e. The van der Waals surface area contributed by atoms with E-state index in [1.165, 1.54) is 0 Å². The molecule has 0 radical (unpaired) electrons. The molecule has 72 valence electrons. The van der Waals surface area contributed by atoms with E-state index in [0.717, 1.165) is 0 Å². The molecule has 1 N–H and O–H groups in total. The van der Waals surface area contributed by atoms with Gasteiger partial charge in [0.25, 0.3) is 0 Å². The molecule has 0 saturated carbocycles. The summed E-state index contributed by atoms with van der Waals surface area (Å²) in [6.45, 7) is 1.86. The van der Waals surface area contributed by atoms with Crippen LogP contribution in [-0.2, 0) is 14.2 Å². The highest BCUT2D eigenvalue weighted by atomic mass is 16.7. The van der Waals surface area contributed by atoms with Gasteiger partial charge in [-0.05, 0) is 6.92 Å². The molecule has 0 bridgehead atoms. The van der Waals surface area contributed by atoms with Gasteiger partial charge in [0, 0.05) is 20.6 Å². The summed E-state index contributed by atoms with van der Waals surface area (Å²) in [5, 5.41) is 9.56. The first kappa shape index (κ1) is 9.92. The molecule has 1 rings (SSSR count). The van der Waals surface area contributed by atoms with E-state index in [9.17, 15) is 5.11 Å². The molecule has 1 fully saturated rings. The highest BCUT2D eigenvalue weighted by molar-refractivity contribution is 4.81. The van der Waals surface area contributed by atoms with Gasteiger partial charge in [-0.1, -0.05) is 0 Å². The summed E-state index contributed by atoms with van der Waals surface area (Å²) in [7, 11) is 3.14. The molecule has 12 heavy (non-hydrogen) atoms. The minimum Gasteiger partial charge on any atom is -0.390 e. The lowest BCUT2D eigenvalue weighted by Gasteiger charge is -2.36. The largest absolute Gasteiger partial charge is 0.390 e. The fourth-order valence-electron chi connectivity index (χ4n) is 1.52. The molecule has 4 heteroatoms. The van der Waals surface area contributed by atoms with Gasteiger partial charge < -0.3 is 19.3 Å². The SMILES string of the molecule is CO[C@H]1C[C@H](O)[C@@H](OC)[C@H](C)O1. The lowest BCUT2D eigenvalue weighted by molar-refractivity contribution is -0.242. The number of aliphatic hydroxyl groups excluding tert-OH is 1. The fourth-order valence-corrected chi connectivity index (χ4v) is 1.52. The van der Waals surface area contributed by atoms with Crippen LogP contribution in [0.25, 0.3) is 0 Å². The van der Waals surface area contributed by atoms with Crippen LogP contribution in [0.5, 0.6) is 0 Å². The van der Waals surface area contributed by atoms with Crippen LogP contribution < -0.4 is 0 Å². The van der Waals surface area contributed by atoms with Crippen LogP contribution in [0.15, 0.2) is 0 Å². The Labute approximate surface area is 72.4 Å². The van der Waals surface area contributed by atoms with Gasteiger partial charge in [0.15, 0.2) is 6.29 Å². The predicted molar refractivity (Wildman–Crippen MR) is 42.8 cm³/mol. The maximum atomic E-state index is 9.56. The molecule has 0 aliphatic carbocycles. The highest BCUT2D eigenvalue weighted by Crippen LogP contribution is 2.22. The van der Waals surface area contributed by atoms with Crippen LogP contribution in [0.2, 0.25) is 0 Å². The molecule has 1 heterocycles. The molecular formula is C8H16O4. The second-order valence-electron chi connectivity index (χ2n) is 3.01. The van der Waals surface area contributed by atoms with Crippen LogP contribution in [0.1, 0.15) is 13.3 Å². The van der Waals surface area contributed by atoms with Gasteiger partial charge in [-0.2, -0.15) is 0 Å². The van der Waals surface area contributed by atoms with Gasteiger partial charge in [-0.3, -0.25) is 0 Å². The molecule has 0 aromatic carbocycles. The van der Waals surface area contributed by atoms with Gasteiger partial charge in [0.05, 0.1) is 12.2 Å². The lowest BCUT2D eigenvalue weighted by atomic mass is 10.0. The molecule has 1 aliphatic heterocycles. The number of hydrogen-bond donors (Lipinski definition) is 1. The van der Waals surface area contributed by atoms with Gasteiger partial charge in [-0.25, -0.2) is 0 Å². The number of ether oxygens (including phenoxy) is 3. The summed E-state index contributed by atoms with van der Waals surface area (Å²) in [4.78, 5) is 0. The predicted octanol–water partition coefficient (Wildman–Crippen LogP) is 0.144. The minimum absolute atomic E-state index is 0.122. The Balaban J connectivity index is 2.51. The van der Waals surface area contributed by atoms with E-state index in [1.807, 2.05) is 6.92 Å². The first-order valence-electron chi connectivity index (χ1n) is 4.08. The molecule has 4 nitrogen and oxygen atoms in total. The van der Waals surface area contributed by atoms with E-state index >= 15 is 0 Å². The van der Waals surface area contributed by atoms with Crippen LogP contribution in [0, 0.1) is 0 Å². The number of aliphatic hydroxyl groups is 1.